The first-order chi connectivity index (χ1) is 8.90. The minimum Gasteiger partial charge on any atom is -0.316 e. The van der Waals surface area contributed by atoms with Crippen molar-refractivity contribution < 1.29 is 12.8 Å². The van der Waals surface area contributed by atoms with E-state index in [4.69, 9.17) is 0 Å². The molecule has 1 aromatic rings. The molecule has 1 aliphatic rings. The number of rotatable bonds is 3. The molecule has 1 fully saturated rings. The van der Waals surface area contributed by atoms with E-state index in [0.717, 1.165) is 19.2 Å². The second kappa shape index (κ2) is 5.87. The molecule has 0 bridgehead atoms. The van der Waals surface area contributed by atoms with E-state index in [2.05, 4.69) is 26.0 Å². The molecule has 106 valence electrons. The highest BCUT2D eigenvalue weighted by molar-refractivity contribution is 9.10. The Labute approximate surface area is 121 Å². The van der Waals surface area contributed by atoms with Gasteiger partial charge in [0.05, 0.1) is 0 Å². The van der Waals surface area contributed by atoms with Gasteiger partial charge in [-0.25, -0.2) is 17.5 Å². The van der Waals surface area contributed by atoms with Crippen molar-refractivity contribution in [1.29, 1.82) is 0 Å². The SMILES string of the molecule is CC1CNCCC1NS(=O)(=O)c1cc(Br)ccc1F. The number of halogens is 2. The number of hydrogen-bond donors (Lipinski definition) is 2. The number of benzene rings is 1. The summed E-state index contributed by atoms with van der Waals surface area (Å²) in [6.45, 7) is 3.49. The van der Waals surface area contributed by atoms with Crippen LogP contribution >= 0.6 is 15.9 Å². The summed E-state index contributed by atoms with van der Waals surface area (Å²) in [4.78, 5) is -0.312. The van der Waals surface area contributed by atoms with Crippen LogP contribution in [0.4, 0.5) is 4.39 Å². The Balaban J connectivity index is 2.24. The van der Waals surface area contributed by atoms with E-state index in [-0.39, 0.29) is 16.9 Å². The predicted molar refractivity (Wildman–Crippen MR) is 74.9 cm³/mol. The maximum Gasteiger partial charge on any atom is 0.243 e. The Bertz CT molecular complexity index is 565. The van der Waals surface area contributed by atoms with Crippen molar-refractivity contribution in [1.82, 2.24) is 10.0 Å². The Kier molecular flexibility index (Phi) is 4.60. The summed E-state index contributed by atoms with van der Waals surface area (Å²) in [6.07, 6.45) is 0.704. The van der Waals surface area contributed by atoms with E-state index in [1.165, 1.54) is 12.1 Å². The average Bonchev–Trinajstić information content (AvgIpc) is 2.35. The molecule has 2 atom stereocenters. The zero-order valence-corrected chi connectivity index (χ0v) is 12.9. The van der Waals surface area contributed by atoms with Gasteiger partial charge in [-0.2, -0.15) is 0 Å². The lowest BCUT2D eigenvalue weighted by atomic mass is 9.97. The number of sulfonamides is 1. The molecular weight excluding hydrogens is 335 g/mol. The van der Waals surface area contributed by atoms with Gasteiger partial charge < -0.3 is 5.32 Å². The van der Waals surface area contributed by atoms with Crippen LogP contribution in [0, 0.1) is 11.7 Å². The van der Waals surface area contributed by atoms with Gasteiger partial charge in [-0.15, -0.1) is 0 Å². The molecule has 2 rings (SSSR count). The predicted octanol–water partition coefficient (Wildman–Crippen LogP) is 1.86. The van der Waals surface area contributed by atoms with Crippen molar-refractivity contribution in [3.05, 3.63) is 28.5 Å². The Morgan fingerprint density at radius 3 is 2.89 bits per heavy atom. The maximum absolute atomic E-state index is 13.7. The van der Waals surface area contributed by atoms with Gasteiger partial charge in [-0.05, 0) is 43.6 Å². The lowest BCUT2D eigenvalue weighted by Gasteiger charge is -2.30. The molecule has 19 heavy (non-hydrogen) atoms. The molecule has 0 saturated carbocycles. The van der Waals surface area contributed by atoms with Crippen LogP contribution in [0.5, 0.6) is 0 Å². The highest BCUT2D eigenvalue weighted by atomic mass is 79.9. The third kappa shape index (κ3) is 3.53. The van der Waals surface area contributed by atoms with Gasteiger partial charge in [0.2, 0.25) is 10.0 Å². The van der Waals surface area contributed by atoms with Crippen LogP contribution in [0.15, 0.2) is 27.6 Å². The molecule has 0 aliphatic carbocycles. The third-order valence-electron chi connectivity index (χ3n) is 3.27. The second-order valence-electron chi connectivity index (χ2n) is 4.77. The van der Waals surface area contributed by atoms with Crippen LogP contribution < -0.4 is 10.0 Å². The molecule has 0 spiro atoms. The van der Waals surface area contributed by atoms with E-state index in [0.29, 0.717) is 10.9 Å². The van der Waals surface area contributed by atoms with Gasteiger partial charge in [0.1, 0.15) is 10.7 Å². The van der Waals surface area contributed by atoms with Crippen molar-refractivity contribution >= 4 is 26.0 Å². The maximum atomic E-state index is 13.7. The normalized spacial score (nSPS) is 24.4. The van der Waals surface area contributed by atoms with Crippen molar-refractivity contribution in [2.24, 2.45) is 5.92 Å². The van der Waals surface area contributed by atoms with Crippen LogP contribution in [-0.4, -0.2) is 27.5 Å². The van der Waals surface area contributed by atoms with Crippen molar-refractivity contribution in [2.45, 2.75) is 24.3 Å². The number of nitrogens with one attached hydrogen (secondary N) is 2. The fourth-order valence-electron chi connectivity index (χ4n) is 2.14. The van der Waals surface area contributed by atoms with Crippen molar-refractivity contribution in [3.8, 4) is 0 Å². The van der Waals surface area contributed by atoms with Crippen LogP contribution in [0.1, 0.15) is 13.3 Å². The monoisotopic (exact) mass is 350 g/mol. The smallest absolute Gasteiger partial charge is 0.243 e. The standard InChI is InChI=1S/C12H16BrFN2O2S/c1-8-7-15-5-4-11(8)16-19(17,18)12-6-9(13)2-3-10(12)14/h2-3,6,8,11,15-16H,4-5,7H2,1H3. The molecule has 1 aromatic carbocycles. The van der Waals surface area contributed by atoms with Gasteiger partial charge in [-0.3, -0.25) is 0 Å². The largest absolute Gasteiger partial charge is 0.316 e. The quantitative estimate of drug-likeness (QED) is 0.874. The molecule has 1 aliphatic heterocycles. The highest BCUT2D eigenvalue weighted by Gasteiger charge is 2.28. The van der Waals surface area contributed by atoms with Crippen LogP contribution in [-0.2, 0) is 10.0 Å². The summed E-state index contributed by atoms with van der Waals surface area (Å²) in [5, 5.41) is 3.19. The molecule has 1 saturated heterocycles. The topological polar surface area (TPSA) is 58.2 Å². The third-order valence-corrected chi connectivity index (χ3v) is 5.27. The van der Waals surface area contributed by atoms with Gasteiger partial charge >= 0.3 is 0 Å². The molecule has 7 heteroatoms. The van der Waals surface area contributed by atoms with E-state index in [1.54, 1.807) is 0 Å². The van der Waals surface area contributed by atoms with Crippen molar-refractivity contribution in [3.63, 3.8) is 0 Å². The summed E-state index contributed by atoms with van der Waals surface area (Å²) in [6, 6.07) is 3.74. The van der Waals surface area contributed by atoms with E-state index in [9.17, 15) is 12.8 Å². The Morgan fingerprint density at radius 1 is 1.47 bits per heavy atom. The minimum absolute atomic E-state index is 0.162. The van der Waals surface area contributed by atoms with E-state index in [1.807, 2.05) is 6.92 Å². The minimum atomic E-state index is -3.83. The number of hydrogen-bond acceptors (Lipinski definition) is 3. The zero-order valence-electron chi connectivity index (χ0n) is 10.5. The fourth-order valence-corrected chi connectivity index (χ4v) is 4.13. The van der Waals surface area contributed by atoms with Gasteiger partial charge in [0.25, 0.3) is 0 Å². The zero-order chi connectivity index (χ0) is 14.0. The Hall–Kier alpha value is -0.500. The van der Waals surface area contributed by atoms with Gasteiger partial charge in [0.15, 0.2) is 0 Å². The molecule has 0 radical (unpaired) electrons. The first-order valence-electron chi connectivity index (χ1n) is 6.08. The first-order valence-corrected chi connectivity index (χ1v) is 8.36. The average molecular weight is 351 g/mol. The molecule has 2 N–H and O–H groups in total. The number of piperidine rings is 1. The summed E-state index contributed by atoms with van der Waals surface area (Å²) in [5.74, 6) is -0.559. The molecule has 0 amide bonds. The lowest BCUT2D eigenvalue weighted by molar-refractivity contribution is 0.327. The molecule has 0 aromatic heterocycles. The van der Waals surface area contributed by atoms with E-state index < -0.39 is 15.8 Å². The summed E-state index contributed by atoms with van der Waals surface area (Å²) in [7, 11) is -3.83. The van der Waals surface area contributed by atoms with Crippen LogP contribution in [0.25, 0.3) is 0 Å². The summed E-state index contributed by atoms with van der Waals surface area (Å²) >= 11 is 3.16. The molecule has 4 nitrogen and oxygen atoms in total. The fraction of sp³-hybridized carbons (Fsp3) is 0.500. The first kappa shape index (κ1) is 14.9. The molecule has 2 unspecified atom stereocenters. The van der Waals surface area contributed by atoms with Gasteiger partial charge in [-0.1, -0.05) is 22.9 Å². The van der Waals surface area contributed by atoms with Gasteiger partial charge in [0, 0.05) is 10.5 Å². The highest BCUT2D eigenvalue weighted by Crippen LogP contribution is 2.21. The van der Waals surface area contributed by atoms with Crippen LogP contribution in [0.2, 0.25) is 0 Å². The van der Waals surface area contributed by atoms with Crippen LogP contribution in [0.3, 0.4) is 0 Å². The second-order valence-corrected chi connectivity index (χ2v) is 7.37. The lowest BCUT2D eigenvalue weighted by Crippen LogP contribution is -2.48. The van der Waals surface area contributed by atoms with Crippen molar-refractivity contribution in [2.75, 3.05) is 13.1 Å². The van der Waals surface area contributed by atoms with E-state index >= 15 is 0 Å². The summed E-state index contributed by atoms with van der Waals surface area (Å²) in [5.41, 5.74) is 0. The molecular formula is C12H16BrFN2O2S. The summed E-state index contributed by atoms with van der Waals surface area (Å²) < 4.78 is 41.3. The molecule has 1 heterocycles. The Morgan fingerprint density at radius 2 is 2.21 bits per heavy atom.